The van der Waals surface area contributed by atoms with Crippen LogP contribution in [0.5, 0.6) is 0 Å². The van der Waals surface area contributed by atoms with Crippen LogP contribution in [-0.4, -0.2) is 12.5 Å². The highest BCUT2D eigenvalue weighted by Gasteiger charge is 2.00. The first-order chi connectivity index (χ1) is 7.02. The maximum atomic E-state index is 11.3. The van der Waals surface area contributed by atoms with Gasteiger partial charge in [0.2, 0.25) is 5.91 Å². The Morgan fingerprint density at radius 3 is 2.47 bits per heavy atom. The standard InChI is InChI=1S/C13H25NO/c1-11(2)8-6-5-7-9-13(15)14-10-12(3)4/h6,8,11-12H,5,7,9-10H2,1-4H3,(H,14,15)/b8-6-. The maximum absolute atomic E-state index is 11.3. The monoisotopic (exact) mass is 211 g/mol. The van der Waals surface area contributed by atoms with Crippen LogP contribution in [0.1, 0.15) is 47.0 Å². The number of hydrogen-bond donors (Lipinski definition) is 1. The summed E-state index contributed by atoms with van der Waals surface area (Å²) in [6, 6.07) is 0. The zero-order chi connectivity index (χ0) is 11.7. The van der Waals surface area contributed by atoms with Crippen molar-refractivity contribution in [1.29, 1.82) is 0 Å². The van der Waals surface area contributed by atoms with E-state index in [1.807, 2.05) is 0 Å². The summed E-state index contributed by atoms with van der Waals surface area (Å²) in [6.07, 6.45) is 6.96. The molecule has 1 amide bonds. The van der Waals surface area contributed by atoms with Crippen LogP contribution in [0.3, 0.4) is 0 Å². The quantitative estimate of drug-likeness (QED) is 0.508. The third kappa shape index (κ3) is 11.1. The fourth-order valence-electron chi connectivity index (χ4n) is 1.16. The SMILES string of the molecule is CC(C)/C=C\CCCC(=O)NCC(C)C. The molecule has 0 saturated carbocycles. The number of unbranched alkanes of at least 4 members (excludes halogenated alkanes) is 1. The van der Waals surface area contributed by atoms with E-state index in [1.54, 1.807) is 0 Å². The van der Waals surface area contributed by atoms with Gasteiger partial charge in [-0.05, 0) is 24.7 Å². The molecule has 0 unspecified atom stereocenters. The first-order valence-electron chi connectivity index (χ1n) is 5.95. The lowest BCUT2D eigenvalue weighted by Gasteiger charge is -2.06. The Bertz CT molecular complexity index is 195. The molecule has 88 valence electrons. The largest absolute Gasteiger partial charge is 0.356 e. The number of amides is 1. The number of nitrogens with one attached hydrogen (secondary N) is 1. The van der Waals surface area contributed by atoms with Crippen molar-refractivity contribution in [2.75, 3.05) is 6.54 Å². The summed E-state index contributed by atoms with van der Waals surface area (Å²) < 4.78 is 0. The fourth-order valence-corrected chi connectivity index (χ4v) is 1.16. The Morgan fingerprint density at radius 2 is 1.93 bits per heavy atom. The lowest BCUT2D eigenvalue weighted by molar-refractivity contribution is -0.121. The second-order valence-electron chi connectivity index (χ2n) is 4.76. The summed E-state index contributed by atoms with van der Waals surface area (Å²) in [7, 11) is 0. The van der Waals surface area contributed by atoms with E-state index in [4.69, 9.17) is 0 Å². The van der Waals surface area contributed by atoms with Crippen molar-refractivity contribution in [1.82, 2.24) is 5.32 Å². The second-order valence-corrected chi connectivity index (χ2v) is 4.76. The van der Waals surface area contributed by atoms with Gasteiger partial charge in [0.1, 0.15) is 0 Å². The minimum absolute atomic E-state index is 0.182. The predicted octanol–water partition coefficient (Wildman–Crippen LogP) is 3.14. The molecule has 0 heterocycles. The van der Waals surface area contributed by atoms with Gasteiger partial charge in [0.05, 0.1) is 0 Å². The van der Waals surface area contributed by atoms with Crippen LogP contribution in [-0.2, 0) is 4.79 Å². The van der Waals surface area contributed by atoms with E-state index in [0.717, 1.165) is 19.4 Å². The van der Waals surface area contributed by atoms with Gasteiger partial charge in [-0.3, -0.25) is 4.79 Å². The number of rotatable bonds is 7. The second kappa shape index (κ2) is 8.51. The molecule has 0 rings (SSSR count). The molecule has 0 aromatic heterocycles. The summed E-state index contributed by atoms with van der Waals surface area (Å²) >= 11 is 0. The van der Waals surface area contributed by atoms with E-state index in [2.05, 4.69) is 45.2 Å². The fraction of sp³-hybridized carbons (Fsp3) is 0.769. The molecule has 1 N–H and O–H groups in total. The molecule has 0 saturated heterocycles. The predicted molar refractivity (Wildman–Crippen MR) is 65.7 cm³/mol. The van der Waals surface area contributed by atoms with Gasteiger partial charge >= 0.3 is 0 Å². The summed E-state index contributed by atoms with van der Waals surface area (Å²) in [4.78, 5) is 11.3. The van der Waals surface area contributed by atoms with Gasteiger partial charge in [0.25, 0.3) is 0 Å². The molecule has 0 fully saturated rings. The van der Waals surface area contributed by atoms with Gasteiger partial charge in [-0.1, -0.05) is 39.8 Å². The molecule has 0 aliphatic heterocycles. The highest BCUT2D eigenvalue weighted by Crippen LogP contribution is 2.00. The van der Waals surface area contributed by atoms with Gasteiger partial charge in [0, 0.05) is 13.0 Å². The first-order valence-corrected chi connectivity index (χ1v) is 5.95. The van der Waals surface area contributed by atoms with Gasteiger partial charge in [-0.2, -0.15) is 0 Å². The first kappa shape index (κ1) is 14.2. The van der Waals surface area contributed by atoms with E-state index < -0.39 is 0 Å². The molecular formula is C13H25NO. The summed E-state index contributed by atoms with van der Waals surface area (Å²) in [5.74, 6) is 1.33. The lowest BCUT2D eigenvalue weighted by atomic mass is 10.1. The normalized spacial score (nSPS) is 11.6. The van der Waals surface area contributed by atoms with E-state index in [0.29, 0.717) is 18.3 Å². The zero-order valence-electron chi connectivity index (χ0n) is 10.5. The lowest BCUT2D eigenvalue weighted by Crippen LogP contribution is -2.26. The van der Waals surface area contributed by atoms with Crippen LogP contribution in [0.2, 0.25) is 0 Å². The topological polar surface area (TPSA) is 29.1 Å². The van der Waals surface area contributed by atoms with Crippen molar-refractivity contribution in [2.45, 2.75) is 47.0 Å². The molecule has 0 spiro atoms. The maximum Gasteiger partial charge on any atom is 0.220 e. The highest BCUT2D eigenvalue weighted by atomic mass is 16.1. The van der Waals surface area contributed by atoms with Crippen LogP contribution in [0.4, 0.5) is 0 Å². The third-order valence-electron chi connectivity index (χ3n) is 2.00. The van der Waals surface area contributed by atoms with Crippen molar-refractivity contribution in [3.05, 3.63) is 12.2 Å². The number of carbonyl (C=O) groups is 1. The van der Waals surface area contributed by atoms with Gasteiger partial charge < -0.3 is 5.32 Å². The molecule has 0 aliphatic carbocycles. The molecule has 0 aromatic rings. The Balaban J connectivity index is 3.39. The smallest absolute Gasteiger partial charge is 0.220 e. The van der Waals surface area contributed by atoms with Gasteiger partial charge in [-0.25, -0.2) is 0 Å². The number of carbonyl (C=O) groups excluding carboxylic acids is 1. The van der Waals surface area contributed by atoms with E-state index in [9.17, 15) is 4.79 Å². The minimum Gasteiger partial charge on any atom is -0.356 e. The van der Waals surface area contributed by atoms with Crippen LogP contribution >= 0.6 is 0 Å². The zero-order valence-corrected chi connectivity index (χ0v) is 10.5. The summed E-state index contributed by atoms with van der Waals surface area (Å²) in [5.41, 5.74) is 0. The van der Waals surface area contributed by atoms with E-state index in [-0.39, 0.29) is 5.91 Å². The molecule has 2 heteroatoms. The Morgan fingerprint density at radius 1 is 1.27 bits per heavy atom. The van der Waals surface area contributed by atoms with Crippen molar-refractivity contribution < 1.29 is 4.79 Å². The van der Waals surface area contributed by atoms with E-state index >= 15 is 0 Å². The highest BCUT2D eigenvalue weighted by molar-refractivity contribution is 5.75. The van der Waals surface area contributed by atoms with Crippen molar-refractivity contribution in [3.63, 3.8) is 0 Å². The molecular weight excluding hydrogens is 186 g/mol. The molecule has 0 aliphatic rings. The Labute approximate surface area is 94.1 Å². The summed E-state index contributed by atoms with van der Waals surface area (Å²) in [5, 5.41) is 2.92. The molecule has 0 aromatic carbocycles. The van der Waals surface area contributed by atoms with Crippen molar-refractivity contribution in [2.24, 2.45) is 11.8 Å². The average molecular weight is 211 g/mol. The Hall–Kier alpha value is -0.790. The van der Waals surface area contributed by atoms with Crippen LogP contribution in [0.15, 0.2) is 12.2 Å². The average Bonchev–Trinajstić information content (AvgIpc) is 2.13. The number of allylic oxidation sites excluding steroid dienone is 2. The molecule has 0 bridgehead atoms. The van der Waals surface area contributed by atoms with Crippen molar-refractivity contribution in [3.8, 4) is 0 Å². The summed E-state index contributed by atoms with van der Waals surface area (Å²) in [6.45, 7) is 9.32. The molecule has 0 radical (unpaired) electrons. The van der Waals surface area contributed by atoms with Crippen molar-refractivity contribution >= 4 is 5.91 Å². The van der Waals surface area contributed by atoms with Gasteiger partial charge in [0.15, 0.2) is 0 Å². The minimum atomic E-state index is 0.182. The van der Waals surface area contributed by atoms with E-state index in [1.165, 1.54) is 0 Å². The van der Waals surface area contributed by atoms with Gasteiger partial charge in [-0.15, -0.1) is 0 Å². The third-order valence-corrected chi connectivity index (χ3v) is 2.00. The molecule has 0 atom stereocenters. The van der Waals surface area contributed by atoms with Crippen LogP contribution < -0.4 is 5.32 Å². The molecule has 15 heavy (non-hydrogen) atoms. The Kier molecular flexibility index (Phi) is 8.06. The van der Waals surface area contributed by atoms with Crippen LogP contribution in [0, 0.1) is 11.8 Å². The van der Waals surface area contributed by atoms with Crippen LogP contribution in [0.25, 0.3) is 0 Å². The molecule has 2 nitrogen and oxygen atoms in total. The number of hydrogen-bond acceptors (Lipinski definition) is 1.